The van der Waals surface area contributed by atoms with Crippen molar-refractivity contribution in [2.45, 2.75) is 26.1 Å². The van der Waals surface area contributed by atoms with E-state index in [9.17, 15) is 9.32 Å². The van der Waals surface area contributed by atoms with Crippen LogP contribution >= 0.6 is 15.9 Å². The number of hydrogen-bond donors (Lipinski definition) is 2. The molecule has 0 radical (unpaired) electrons. The molecule has 0 unspecified atom stereocenters. The number of benzene rings is 1. The molecule has 1 heterocycles. The maximum absolute atomic E-state index is 11.7. The molecular formula is C16H21BrN4O3S. The Kier molecular flexibility index (Phi) is 6.36. The maximum atomic E-state index is 11.7. The zero-order valence-electron chi connectivity index (χ0n) is 14.4. The van der Waals surface area contributed by atoms with Gasteiger partial charge < -0.3 is 15.2 Å². The first-order valence-electron chi connectivity index (χ1n) is 7.55. The zero-order valence-corrected chi connectivity index (χ0v) is 16.8. The molecule has 1 aromatic carbocycles. The van der Waals surface area contributed by atoms with E-state index in [1.807, 2.05) is 0 Å². The van der Waals surface area contributed by atoms with Gasteiger partial charge in [-0.25, -0.2) is 9.19 Å². The minimum atomic E-state index is -2.19. The van der Waals surface area contributed by atoms with E-state index < -0.39 is 21.9 Å². The summed E-state index contributed by atoms with van der Waals surface area (Å²) in [7, 11) is -2.19. The van der Waals surface area contributed by atoms with Crippen molar-refractivity contribution >= 4 is 43.0 Å². The molecule has 0 aliphatic rings. The number of halogens is 1. The van der Waals surface area contributed by atoms with Crippen molar-refractivity contribution in [2.75, 3.05) is 17.8 Å². The lowest BCUT2D eigenvalue weighted by molar-refractivity contribution is 0.0569. The lowest BCUT2D eigenvalue weighted by atomic mass is 10.3. The van der Waals surface area contributed by atoms with Crippen LogP contribution in [0.15, 0.2) is 39.3 Å². The van der Waals surface area contributed by atoms with Gasteiger partial charge in [-0.15, -0.1) is 0 Å². The summed E-state index contributed by atoms with van der Waals surface area (Å²) in [6.07, 6.45) is 3.72. The first kappa shape index (κ1) is 19.6. The summed E-state index contributed by atoms with van der Waals surface area (Å²) in [5, 5.41) is 12.6. The van der Waals surface area contributed by atoms with E-state index in [0.29, 0.717) is 22.0 Å². The van der Waals surface area contributed by atoms with Crippen LogP contribution in [-0.4, -0.2) is 44.0 Å². The standard InChI is InChI=1S/C16H21BrN4O3S/c1-10(22)11(2)24-15-14(17)9-18-16(20-15)19-12-5-7-13(8-6-12)21-25(3,4)23/h5-11,22H,1-4H3,(H,18,19,20)/t10-,11-/m1/s1. The maximum Gasteiger partial charge on any atom is 0.233 e. The monoisotopic (exact) mass is 428 g/mol. The predicted octanol–water partition coefficient (Wildman–Crippen LogP) is 3.49. The molecule has 0 saturated heterocycles. The Balaban J connectivity index is 2.16. The Morgan fingerprint density at radius 3 is 2.48 bits per heavy atom. The summed E-state index contributed by atoms with van der Waals surface area (Å²) < 4.78 is 22.1. The van der Waals surface area contributed by atoms with E-state index >= 15 is 0 Å². The van der Waals surface area contributed by atoms with E-state index in [-0.39, 0.29) is 0 Å². The molecule has 0 saturated carbocycles. The number of rotatable bonds is 6. The number of ether oxygens (including phenoxy) is 1. The molecule has 25 heavy (non-hydrogen) atoms. The van der Waals surface area contributed by atoms with Crippen molar-refractivity contribution < 1.29 is 14.1 Å². The molecule has 9 heteroatoms. The number of aliphatic hydroxyl groups is 1. The Bertz CT molecular complexity index is 841. The van der Waals surface area contributed by atoms with Crippen LogP contribution in [0.2, 0.25) is 0 Å². The van der Waals surface area contributed by atoms with Gasteiger partial charge in [0.1, 0.15) is 6.10 Å². The molecule has 0 aliphatic heterocycles. The summed E-state index contributed by atoms with van der Waals surface area (Å²) in [4.78, 5) is 8.49. The molecule has 0 bridgehead atoms. The molecule has 2 aromatic rings. The molecule has 0 aliphatic carbocycles. The van der Waals surface area contributed by atoms with Crippen LogP contribution in [0.25, 0.3) is 0 Å². The molecule has 0 amide bonds. The highest BCUT2D eigenvalue weighted by atomic mass is 79.9. The van der Waals surface area contributed by atoms with E-state index in [1.165, 1.54) is 0 Å². The third-order valence-corrected chi connectivity index (χ3v) is 4.33. The van der Waals surface area contributed by atoms with Crippen LogP contribution in [0.5, 0.6) is 5.88 Å². The van der Waals surface area contributed by atoms with Crippen LogP contribution in [0.3, 0.4) is 0 Å². The number of nitrogens with zero attached hydrogens (tertiary/aromatic N) is 3. The second kappa shape index (κ2) is 8.11. The van der Waals surface area contributed by atoms with Gasteiger partial charge in [-0.3, -0.25) is 0 Å². The van der Waals surface area contributed by atoms with Crippen molar-refractivity contribution in [3.05, 3.63) is 34.9 Å². The zero-order chi connectivity index (χ0) is 18.6. The summed E-state index contributed by atoms with van der Waals surface area (Å²) in [6.45, 7) is 3.41. The first-order chi connectivity index (χ1) is 11.6. The highest BCUT2D eigenvalue weighted by Crippen LogP contribution is 2.26. The SMILES string of the molecule is C[C@@H](O)[C@@H](C)Oc1nc(Nc2ccc(N=S(C)(C)=O)cc2)ncc1Br. The topological polar surface area (TPSA) is 96.7 Å². The van der Waals surface area contributed by atoms with Crippen LogP contribution in [0.1, 0.15) is 13.8 Å². The molecular weight excluding hydrogens is 408 g/mol. The van der Waals surface area contributed by atoms with Gasteiger partial charge in [0.2, 0.25) is 11.8 Å². The summed E-state index contributed by atoms with van der Waals surface area (Å²) in [5.74, 6) is 0.699. The highest BCUT2D eigenvalue weighted by molar-refractivity contribution is 9.10. The minimum absolute atomic E-state index is 0.342. The molecule has 0 fully saturated rings. The molecule has 136 valence electrons. The highest BCUT2D eigenvalue weighted by Gasteiger charge is 2.14. The first-order valence-corrected chi connectivity index (χ1v) is 10.7. The van der Waals surface area contributed by atoms with Gasteiger partial charge in [0, 0.05) is 27.9 Å². The fourth-order valence-corrected chi connectivity index (χ4v) is 2.67. The Morgan fingerprint density at radius 2 is 1.92 bits per heavy atom. The van der Waals surface area contributed by atoms with Gasteiger partial charge >= 0.3 is 0 Å². The smallest absolute Gasteiger partial charge is 0.233 e. The number of aromatic nitrogens is 2. The number of hydrogen-bond acceptors (Lipinski definition) is 7. The Morgan fingerprint density at radius 1 is 1.28 bits per heavy atom. The minimum Gasteiger partial charge on any atom is -0.471 e. The van der Waals surface area contributed by atoms with Crippen LogP contribution in [0.4, 0.5) is 17.3 Å². The quantitative estimate of drug-likeness (QED) is 0.730. The Hall–Kier alpha value is -1.71. The fraction of sp³-hybridized carbons (Fsp3) is 0.375. The van der Waals surface area contributed by atoms with Crippen molar-refractivity contribution in [3.63, 3.8) is 0 Å². The number of nitrogens with one attached hydrogen (secondary N) is 1. The molecule has 0 spiro atoms. The van der Waals surface area contributed by atoms with Gasteiger partial charge in [0.15, 0.2) is 0 Å². The van der Waals surface area contributed by atoms with Crippen molar-refractivity contribution in [1.29, 1.82) is 0 Å². The van der Waals surface area contributed by atoms with Gasteiger partial charge in [-0.2, -0.15) is 9.35 Å². The lowest BCUT2D eigenvalue weighted by Crippen LogP contribution is -2.26. The van der Waals surface area contributed by atoms with E-state index in [0.717, 1.165) is 5.69 Å². The molecule has 1 aromatic heterocycles. The molecule has 2 N–H and O–H groups in total. The van der Waals surface area contributed by atoms with Crippen molar-refractivity contribution in [2.24, 2.45) is 4.36 Å². The number of anilines is 2. The van der Waals surface area contributed by atoms with Crippen molar-refractivity contribution in [1.82, 2.24) is 9.97 Å². The normalized spacial score (nSPS) is 13.8. The lowest BCUT2D eigenvalue weighted by Gasteiger charge is -2.17. The predicted molar refractivity (Wildman–Crippen MR) is 103 cm³/mol. The van der Waals surface area contributed by atoms with Gasteiger partial charge in [0.05, 0.1) is 22.5 Å². The van der Waals surface area contributed by atoms with Gasteiger partial charge in [-0.05, 0) is 54.0 Å². The second-order valence-corrected chi connectivity index (χ2v) is 9.25. The second-order valence-electron chi connectivity index (χ2n) is 5.85. The van der Waals surface area contributed by atoms with Gasteiger partial charge in [0.25, 0.3) is 0 Å². The third-order valence-electron chi connectivity index (χ3n) is 3.14. The van der Waals surface area contributed by atoms with E-state index in [4.69, 9.17) is 4.74 Å². The van der Waals surface area contributed by atoms with Crippen LogP contribution < -0.4 is 10.1 Å². The summed E-state index contributed by atoms with van der Waals surface area (Å²) in [5.41, 5.74) is 1.40. The van der Waals surface area contributed by atoms with E-state index in [1.54, 1.807) is 56.8 Å². The molecule has 2 rings (SSSR count). The average molecular weight is 429 g/mol. The van der Waals surface area contributed by atoms with Crippen LogP contribution in [0, 0.1) is 0 Å². The third kappa shape index (κ3) is 6.26. The van der Waals surface area contributed by atoms with Gasteiger partial charge in [-0.1, -0.05) is 0 Å². The number of aliphatic hydroxyl groups excluding tert-OH is 1. The summed E-state index contributed by atoms with van der Waals surface area (Å²) >= 11 is 3.33. The average Bonchev–Trinajstić information content (AvgIpc) is 2.51. The summed E-state index contributed by atoms with van der Waals surface area (Å²) in [6, 6.07) is 7.13. The fourth-order valence-electron chi connectivity index (χ4n) is 1.76. The van der Waals surface area contributed by atoms with E-state index in [2.05, 4.69) is 35.6 Å². The van der Waals surface area contributed by atoms with Crippen molar-refractivity contribution in [3.8, 4) is 5.88 Å². The molecule has 2 atom stereocenters. The molecule has 7 nitrogen and oxygen atoms in total. The Labute approximate surface area is 156 Å². The van der Waals surface area contributed by atoms with Crippen LogP contribution in [-0.2, 0) is 9.73 Å². The largest absolute Gasteiger partial charge is 0.471 e.